The molecule has 1 rings (SSSR count). The molecule has 1 aromatic heterocycles. The summed E-state index contributed by atoms with van der Waals surface area (Å²) in [6, 6.07) is 2.11. The minimum absolute atomic E-state index is 0.271. The maximum Gasteiger partial charge on any atom is 0.0917 e. The fraction of sp³-hybridized carbons (Fsp3) is 0.600. The average Bonchev–Trinajstić information content (AvgIpc) is 2.61. The van der Waals surface area contributed by atoms with Crippen LogP contribution in [-0.4, -0.2) is 25.3 Å². The van der Waals surface area contributed by atoms with E-state index in [-0.39, 0.29) is 6.61 Å². The molecule has 1 heterocycles. The van der Waals surface area contributed by atoms with Gasteiger partial charge in [0.25, 0.3) is 0 Å². The lowest BCUT2D eigenvalue weighted by Gasteiger charge is -2.22. The van der Waals surface area contributed by atoms with Gasteiger partial charge in [-0.3, -0.25) is 0 Å². The van der Waals surface area contributed by atoms with Crippen molar-refractivity contribution < 1.29 is 5.11 Å². The number of aliphatic hydroxyl groups is 1. The molecule has 0 radical (unpaired) electrons. The molecule has 0 aliphatic heterocycles. The van der Waals surface area contributed by atoms with Gasteiger partial charge in [0.15, 0.2) is 0 Å². The van der Waals surface area contributed by atoms with E-state index in [1.54, 1.807) is 11.3 Å². The van der Waals surface area contributed by atoms with Crippen molar-refractivity contribution in [3.05, 3.63) is 15.9 Å². The fourth-order valence-corrected chi connectivity index (χ4v) is 2.70. The number of hydrogen-bond acceptors (Lipinski definition) is 3. The first-order valence-corrected chi connectivity index (χ1v) is 6.40. The lowest BCUT2D eigenvalue weighted by Crippen LogP contribution is -2.26. The number of aliphatic hydroxyl groups excluding tert-OH is 1. The Labute approximate surface area is 97.7 Å². The van der Waals surface area contributed by atoms with E-state index >= 15 is 0 Å². The maximum absolute atomic E-state index is 9.09. The van der Waals surface area contributed by atoms with Gasteiger partial charge in [-0.2, -0.15) is 0 Å². The molecule has 1 unspecified atom stereocenters. The van der Waals surface area contributed by atoms with Gasteiger partial charge < -0.3 is 10.0 Å². The Kier molecular flexibility index (Phi) is 4.92. The van der Waals surface area contributed by atoms with E-state index in [4.69, 9.17) is 5.11 Å². The van der Waals surface area contributed by atoms with Gasteiger partial charge in [0.1, 0.15) is 0 Å². The monoisotopic (exact) mass is 277 g/mol. The van der Waals surface area contributed by atoms with Crippen LogP contribution in [-0.2, 0) is 0 Å². The Hall–Kier alpha value is -0.0600. The number of nitrogens with zero attached hydrogens (tertiary/aromatic N) is 1. The van der Waals surface area contributed by atoms with Crippen LogP contribution >= 0.6 is 27.3 Å². The van der Waals surface area contributed by atoms with Crippen molar-refractivity contribution in [2.45, 2.75) is 13.3 Å². The quantitative estimate of drug-likeness (QED) is 0.895. The lowest BCUT2D eigenvalue weighted by molar-refractivity contribution is 0.226. The van der Waals surface area contributed by atoms with Crippen LogP contribution in [0.4, 0.5) is 5.00 Å². The van der Waals surface area contributed by atoms with Crippen molar-refractivity contribution in [1.29, 1.82) is 0 Å². The summed E-state index contributed by atoms with van der Waals surface area (Å²) in [5, 5.41) is 12.4. The predicted octanol–water partition coefficient (Wildman–Crippen LogP) is 2.97. The standard InChI is InChI=1S/C10H16BrNOS/c1-3-8(6-13)5-12(2)10-4-9(11)7-14-10/h4,7-8,13H,3,5-6H2,1-2H3. The van der Waals surface area contributed by atoms with Gasteiger partial charge in [-0.15, -0.1) is 11.3 Å². The summed E-state index contributed by atoms with van der Waals surface area (Å²) < 4.78 is 1.13. The third-order valence-corrected chi connectivity index (χ3v) is 4.10. The molecule has 4 heteroatoms. The van der Waals surface area contributed by atoms with Gasteiger partial charge in [-0.25, -0.2) is 0 Å². The van der Waals surface area contributed by atoms with Gasteiger partial charge in [0, 0.05) is 30.1 Å². The lowest BCUT2D eigenvalue weighted by atomic mass is 10.1. The van der Waals surface area contributed by atoms with Gasteiger partial charge >= 0.3 is 0 Å². The smallest absolute Gasteiger partial charge is 0.0917 e. The largest absolute Gasteiger partial charge is 0.396 e. The molecular weight excluding hydrogens is 262 g/mol. The minimum Gasteiger partial charge on any atom is -0.396 e. The number of thiophene rings is 1. The number of anilines is 1. The van der Waals surface area contributed by atoms with Crippen LogP contribution in [0.2, 0.25) is 0 Å². The third-order valence-electron chi connectivity index (χ3n) is 2.30. The summed E-state index contributed by atoms with van der Waals surface area (Å²) in [5.74, 6) is 0.376. The summed E-state index contributed by atoms with van der Waals surface area (Å²) in [6.45, 7) is 3.30. The predicted molar refractivity (Wildman–Crippen MR) is 66.2 cm³/mol. The van der Waals surface area contributed by atoms with Crippen LogP contribution in [0.15, 0.2) is 15.9 Å². The highest BCUT2D eigenvalue weighted by Crippen LogP contribution is 2.27. The summed E-state index contributed by atoms with van der Waals surface area (Å²) >= 11 is 5.15. The van der Waals surface area contributed by atoms with E-state index in [0.29, 0.717) is 5.92 Å². The van der Waals surface area contributed by atoms with Crippen molar-refractivity contribution in [3.8, 4) is 0 Å². The van der Waals surface area contributed by atoms with E-state index in [9.17, 15) is 0 Å². The van der Waals surface area contributed by atoms with E-state index < -0.39 is 0 Å². The Morgan fingerprint density at radius 2 is 2.36 bits per heavy atom. The SMILES string of the molecule is CCC(CO)CN(C)c1cc(Br)cs1. The van der Waals surface area contributed by atoms with Crippen LogP contribution < -0.4 is 4.90 Å². The first-order valence-electron chi connectivity index (χ1n) is 4.73. The van der Waals surface area contributed by atoms with Crippen LogP contribution in [0, 0.1) is 5.92 Å². The van der Waals surface area contributed by atoms with E-state index in [0.717, 1.165) is 17.4 Å². The molecule has 14 heavy (non-hydrogen) atoms. The van der Waals surface area contributed by atoms with Crippen LogP contribution in [0.3, 0.4) is 0 Å². The van der Waals surface area contributed by atoms with Crippen molar-refractivity contribution in [1.82, 2.24) is 0 Å². The molecule has 0 bridgehead atoms. The Balaban J connectivity index is 2.53. The second-order valence-electron chi connectivity index (χ2n) is 3.44. The third kappa shape index (κ3) is 3.26. The maximum atomic E-state index is 9.09. The van der Waals surface area contributed by atoms with Gasteiger partial charge in [0.2, 0.25) is 0 Å². The Morgan fingerprint density at radius 1 is 1.64 bits per heavy atom. The van der Waals surface area contributed by atoms with Gasteiger partial charge in [-0.05, 0) is 34.3 Å². The zero-order valence-electron chi connectivity index (χ0n) is 8.53. The Bertz CT molecular complexity index is 273. The molecule has 0 aliphatic rings. The molecule has 0 spiro atoms. The average molecular weight is 278 g/mol. The zero-order chi connectivity index (χ0) is 10.6. The number of hydrogen-bond donors (Lipinski definition) is 1. The van der Waals surface area contributed by atoms with E-state index in [1.165, 1.54) is 5.00 Å². The molecule has 0 saturated heterocycles. The highest BCUT2D eigenvalue weighted by atomic mass is 79.9. The highest BCUT2D eigenvalue weighted by Gasteiger charge is 2.10. The molecule has 1 aromatic rings. The van der Waals surface area contributed by atoms with Gasteiger partial charge in [-0.1, -0.05) is 6.92 Å². The number of halogens is 1. The fourth-order valence-electron chi connectivity index (χ4n) is 1.30. The molecule has 0 aromatic carbocycles. The molecule has 2 nitrogen and oxygen atoms in total. The molecule has 0 saturated carbocycles. The normalized spacial score (nSPS) is 12.9. The van der Waals surface area contributed by atoms with Gasteiger partial charge in [0.05, 0.1) is 5.00 Å². The molecular formula is C10H16BrNOS. The summed E-state index contributed by atoms with van der Waals surface area (Å²) in [7, 11) is 2.07. The second kappa shape index (κ2) is 5.73. The Morgan fingerprint density at radius 3 is 2.79 bits per heavy atom. The van der Waals surface area contributed by atoms with Crippen molar-refractivity contribution in [2.24, 2.45) is 5.92 Å². The highest BCUT2D eigenvalue weighted by molar-refractivity contribution is 9.10. The first-order chi connectivity index (χ1) is 6.67. The summed E-state index contributed by atoms with van der Waals surface area (Å²) in [6.07, 6.45) is 1.02. The minimum atomic E-state index is 0.271. The summed E-state index contributed by atoms with van der Waals surface area (Å²) in [4.78, 5) is 2.19. The first kappa shape index (κ1) is 12.0. The summed E-state index contributed by atoms with van der Waals surface area (Å²) in [5.41, 5.74) is 0. The second-order valence-corrected chi connectivity index (χ2v) is 5.25. The zero-order valence-corrected chi connectivity index (χ0v) is 10.9. The van der Waals surface area contributed by atoms with Crippen molar-refractivity contribution in [2.75, 3.05) is 25.1 Å². The van der Waals surface area contributed by atoms with Crippen molar-refractivity contribution >= 4 is 32.3 Å². The molecule has 1 atom stereocenters. The molecule has 0 fully saturated rings. The number of rotatable bonds is 5. The topological polar surface area (TPSA) is 23.5 Å². The van der Waals surface area contributed by atoms with E-state index in [2.05, 4.69) is 46.2 Å². The van der Waals surface area contributed by atoms with Crippen LogP contribution in [0.5, 0.6) is 0 Å². The van der Waals surface area contributed by atoms with E-state index in [1.807, 2.05) is 0 Å². The molecule has 0 amide bonds. The van der Waals surface area contributed by atoms with Crippen LogP contribution in [0.1, 0.15) is 13.3 Å². The molecule has 80 valence electrons. The molecule has 1 N–H and O–H groups in total. The van der Waals surface area contributed by atoms with Crippen LogP contribution in [0.25, 0.3) is 0 Å². The molecule has 0 aliphatic carbocycles. The van der Waals surface area contributed by atoms with Crippen molar-refractivity contribution in [3.63, 3.8) is 0 Å².